The highest BCUT2D eigenvalue weighted by molar-refractivity contribution is 5.94. The van der Waals surface area contributed by atoms with Gasteiger partial charge in [-0.25, -0.2) is 0 Å². The van der Waals surface area contributed by atoms with Crippen molar-refractivity contribution in [3.05, 3.63) is 71.3 Å². The maximum absolute atomic E-state index is 12.0. The summed E-state index contributed by atoms with van der Waals surface area (Å²) in [5.41, 5.74) is 2.33. The third-order valence-corrected chi connectivity index (χ3v) is 3.21. The third-order valence-electron chi connectivity index (χ3n) is 3.21. The molecule has 20 heavy (non-hydrogen) atoms. The first kappa shape index (κ1) is 13.8. The van der Waals surface area contributed by atoms with Crippen molar-refractivity contribution in [3.8, 4) is 6.07 Å². The summed E-state index contributed by atoms with van der Waals surface area (Å²) < 4.78 is 0. The molecule has 3 nitrogen and oxygen atoms in total. The standard InChI is InChI=1S/C17H16N2O/c1-13(15-5-3-2-4-6-15)12-19-17(20)16-9-7-14(11-18)8-10-16/h2-10,13H,12H2,1H3,(H,19,20). The van der Waals surface area contributed by atoms with E-state index >= 15 is 0 Å². The van der Waals surface area contributed by atoms with Crippen LogP contribution in [0.25, 0.3) is 0 Å². The lowest BCUT2D eigenvalue weighted by molar-refractivity contribution is 0.0951. The second-order valence-corrected chi connectivity index (χ2v) is 4.71. The molecule has 0 aliphatic rings. The summed E-state index contributed by atoms with van der Waals surface area (Å²) in [4.78, 5) is 12.0. The normalized spacial score (nSPS) is 11.4. The summed E-state index contributed by atoms with van der Waals surface area (Å²) in [5, 5.41) is 11.6. The van der Waals surface area contributed by atoms with Crippen molar-refractivity contribution < 1.29 is 4.79 Å². The van der Waals surface area contributed by atoms with E-state index in [4.69, 9.17) is 5.26 Å². The minimum atomic E-state index is -0.114. The number of carbonyl (C=O) groups excluding carboxylic acids is 1. The van der Waals surface area contributed by atoms with Crippen LogP contribution in [0.15, 0.2) is 54.6 Å². The Kier molecular flexibility index (Phi) is 4.52. The van der Waals surface area contributed by atoms with Crippen LogP contribution in [0.3, 0.4) is 0 Å². The maximum Gasteiger partial charge on any atom is 0.251 e. The fourth-order valence-electron chi connectivity index (χ4n) is 1.94. The molecule has 0 aliphatic heterocycles. The van der Waals surface area contributed by atoms with E-state index in [0.29, 0.717) is 17.7 Å². The zero-order valence-electron chi connectivity index (χ0n) is 11.3. The van der Waals surface area contributed by atoms with Gasteiger partial charge in [0.2, 0.25) is 0 Å². The van der Waals surface area contributed by atoms with E-state index in [1.165, 1.54) is 5.56 Å². The smallest absolute Gasteiger partial charge is 0.251 e. The Morgan fingerprint density at radius 3 is 2.40 bits per heavy atom. The van der Waals surface area contributed by atoms with Crippen molar-refractivity contribution in [1.29, 1.82) is 5.26 Å². The molecule has 2 rings (SSSR count). The van der Waals surface area contributed by atoms with Crippen molar-refractivity contribution >= 4 is 5.91 Å². The molecule has 0 fully saturated rings. The van der Waals surface area contributed by atoms with Crippen molar-refractivity contribution in [3.63, 3.8) is 0 Å². The van der Waals surface area contributed by atoms with Gasteiger partial charge >= 0.3 is 0 Å². The predicted octanol–water partition coefficient (Wildman–Crippen LogP) is 3.09. The number of nitriles is 1. The summed E-state index contributed by atoms with van der Waals surface area (Å²) in [6.07, 6.45) is 0. The predicted molar refractivity (Wildman–Crippen MR) is 78.3 cm³/mol. The Hall–Kier alpha value is -2.60. The van der Waals surface area contributed by atoms with Gasteiger partial charge in [-0.2, -0.15) is 5.26 Å². The molecule has 1 N–H and O–H groups in total. The van der Waals surface area contributed by atoms with Gasteiger partial charge in [0.25, 0.3) is 5.91 Å². The van der Waals surface area contributed by atoms with Crippen LogP contribution in [-0.4, -0.2) is 12.5 Å². The number of benzene rings is 2. The van der Waals surface area contributed by atoms with E-state index in [9.17, 15) is 4.79 Å². The molecule has 0 bridgehead atoms. The fourth-order valence-corrected chi connectivity index (χ4v) is 1.94. The van der Waals surface area contributed by atoms with Gasteiger partial charge in [0.15, 0.2) is 0 Å². The van der Waals surface area contributed by atoms with Gasteiger partial charge in [0.05, 0.1) is 11.6 Å². The number of carbonyl (C=O) groups is 1. The first-order valence-corrected chi connectivity index (χ1v) is 6.54. The van der Waals surface area contributed by atoms with Crippen molar-refractivity contribution in [1.82, 2.24) is 5.32 Å². The summed E-state index contributed by atoms with van der Waals surface area (Å²) in [6.45, 7) is 2.66. The lowest BCUT2D eigenvalue weighted by Gasteiger charge is -2.13. The number of hydrogen-bond acceptors (Lipinski definition) is 2. The molecule has 0 saturated carbocycles. The highest BCUT2D eigenvalue weighted by Crippen LogP contribution is 2.13. The third kappa shape index (κ3) is 3.46. The van der Waals surface area contributed by atoms with Gasteiger partial charge < -0.3 is 5.32 Å². The van der Waals surface area contributed by atoms with E-state index in [0.717, 1.165) is 0 Å². The number of nitrogens with zero attached hydrogens (tertiary/aromatic N) is 1. The van der Waals surface area contributed by atoms with E-state index < -0.39 is 0 Å². The second-order valence-electron chi connectivity index (χ2n) is 4.71. The van der Waals surface area contributed by atoms with Gasteiger partial charge in [-0.1, -0.05) is 37.3 Å². The highest BCUT2D eigenvalue weighted by atomic mass is 16.1. The van der Waals surface area contributed by atoms with Gasteiger partial charge in [-0.05, 0) is 35.7 Å². The minimum absolute atomic E-state index is 0.114. The van der Waals surface area contributed by atoms with Crippen LogP contribution < -0.4 is 5.32 Å². The lowest BCUT2D eigenvalue weighted by Crippen LogP contribution is -2.27. The molecule has 0 heterocycles. The van der Waals surface area contributed by atoms with Crippen LogP contribution in [0.2, 0.25) is 0 Å². The van der Waals surface area contributed by atoms with Gasteiger partial charge in [0, 0.05) is 12.1 Å². The summed E-state index contributed by atoms with van der Waals surface area (Å²) in [7, 11) is 0. The Morgan fingerprint density at radius 1 is 1.15 bits per heavy atom. The lowest BCUT2D eigenvalue weighted by atomic mass is 10.0. The number of rotatable bonds is 4. The first-order valence-electron chi connectivity index (χ1n) is 6.54. The second kappa shape index (κ2) is 6.53. The molecule has 2 aromatic carbocycles. The molecule has 0 radical (unpaired) electrons. The number of hydrogen-bond donors (Lipinski definition) is 1. The number of nitrogens with one attached hydrogen (secondary N) is 1. The average Bonchev–Trinajstić information content (AvgIpc) is 2.53. The Morgan fingerprint density at radius 2 is 1.80 bits per heavy atom. The van der Waals surface area contributed by atoms with Crippen LogP contribution in [0, 0.1) is 11.3 Å². The largest absolute Gasteiger partial charge is 0.351 e. The molecule has 1 amide bonds. The molecule has 3 heteroatoms. The van der Waals surface area contributed by atoms with Gasteiger partial charge in [-0.15, -0.1) is 0 Å². The monoisotopic (exact) mass is 264 g/mol. The van der Waals surface area contributed by atoms with Crippen LogP contribution in [0.5, 0.6) is 0 Å². The zero-order valence-corrected chi connectivity index (χ0v) is 11.3. The maximum atomic E-state index is 12.0. The van der Waals surface area contributed by atoms with Crippen LogP contribution in [0.1, 0.15) is 34.3 Å². The van der Waals surface area contributed by atoms with Crippen molar-refractivity contribution in [2.24, 2.45) is 0 Å². The highest BCUT2D eigenvalue weighted by Gasteiger charge is 2.09. The van der Waals surface area contributed by atoms with Gasteiger partial charge in [-0.3, -0.25) is 4.79 Å². The molecule has 0 spiro atoms. The molecule has 2 aromatic rings. The van der Waals surface area contributed by atoms with Crippen molar-refractivity contribution in [2.75, 3.05) is 6.54 Å². The van der Waals surface area contributed by atoms with Crippen LogP contribution in [0.4, 0.5) is 0 Å². The van der Waals surface area contributed by atoms with E-state index in [2.05, 4.69) is 24.4 Å². The van der Waals surface area contributed by atoms with E-state index in [1.54, 1.807) is 24.3 Å². The van der Waals surface area contributed by atoms with Gasteiger partial charge in [0.1, 0.15) is 0 Å². The van der Waals surface area contributed by atoms with Crippen LogP contribution in [-0.2, 0) is 0 Å². The molecular weight excluding hydrogens is 248 g/mol. The Labute approximate surface area is 118 Å². The quantitative estimate of drug-likeness (QED) is 0.922. The average molecular weight is 264 g/mol. The molecule has 0 saturated heterocycles. The molecule has 1 unspecified atom stereocenters. The SMILES string of the molecule is CC(CNC(=O)c1ccc(C#N)cc1)c1ccccc1. The summed E-state index contributed by atoms with van der Waals surface area (Å²) in [5.74, 6) is 0.149. The van der Waals surface area contributed by atoms with Crippen LogP contribution >= 0.6 is 0 Å². The molecule has 1 atom stereocenters. The fraction of sp³-hybridized carbons (Fsp3) is 0.176. The molecule has 100 valence electrons. The Balaban J connectivity index is 1.93. The summed E-state index contributed by atoms with van der Waals surface area (Å²) >= 11 is 0. The topological polar surface area (TPSA) is 52.9 Å². The molecule has 0 aromatic heterocycles. The summed E-state index contributed by atoms with van der Waals surface area (Å²) in [6, 6.07) is 18.7. The Bertz CT molecular complexity index is 612. The first-order chi connectivity index (χ1) is 9.70. The van der Waals surface area contributed by atoms with E-state index in [1.807, 2.05) is 24.3 Å². The zero-order chi connectivity index (χ0) is 14.4. The minimum Gasteiger partial charge on any atom is -0.351 e. The van der Waals surface area contributed by atoms with E-state index in [-0.39, 0.29) is 11.8 Å². The van der Waals surface area contributed by atoms with Crippen molar-refractivity contribution in [2.45, 2.75) is 12.8 Å². The molecule has 0 aliphatic carbocycles. The molecular formula is C17H16N2O. The number of amides is 1.